The molecule has 6 aliphatic rings. The summed E-state index contributed by atoms with van der Waals surface area (Å²) < 4.78 is 24.3. The molecule has 1 aromatic carbocycles. The number of hydrogen-bond donors (Lipinski definition) is 2. The van der Waals surface area contributed by atoms with Gasteiger partial charge in [0.2, 0.25) is 5.95 Å². The molecule has 8 rings (SSSR count). The summed E-state index contributed by atoms with van der Waals surface area (Å²) in [5.74, 6) is 2.15. The van der Waals surface area contributed by atoms with Crippen LogP contribution in [0, 0.1) is 34.5 Å². The van der Waals surface area contributed by atoms with Gasteiger partial charge >= 0.3 is 0 Å². The van der Waals surface area contributed by atoms with Gasteiger partial charge in [-0.05, 0) is 107 Å². The van der Waals surface area contributed by atoms with Gasteiger partial charge in [-0.25, -0.2) is 4.98 Å². The average molecular weight is 679 g/mol. The van der Waals surface area contributed by atoms with Gasteiger partial charge in [0, 0.05) is 37.2 Å². The molecule has 260 valence electrons. The highest BCUT2D eigenvalue weighted by molar-refractivity contribution is 6.31. The van der Waals surface area contributed by atoms with Crippen LogP contribution in [0.15, 0.2) is 30.5 Å². The van der Waals surface area contributed by atoms with E-state index in [0.29, 0.717) is 60.0 Å². The molecule has 1 aromatic heterocycles. The SMILES string of the molecule is CC1(C)OC[C@H](CCN(CC[C@H]2COC(C)(C)O2)[C@@H]2[C@@H]3CC4C[C@H]2C[C@](CNc2nc(NCc5ccccc5Cl)ncc2C#N)(C4)C3)O1. The second kappa shape index (κ2) is 13.7. The fourth-order valence-electron chi connectivity index (χ4n) is 9.59. The molecule has 2 N–H and O–H groups in total. The maximum atomic E-state index is 9.88. The van der Waals surface area contributed by atoms with Gasteiger partial charge in [0.15, 0.2) is 11.6 Å². The van der Waals surface area contributed by atoms with Gasteiger partial charge in [0.25, 0.3) is 0 Å². The molecule has 3 heterocycles. The average Bonchev–Trinajstić information content (AvgIpc) is 3.59. The summed E-state index contributed by atoms with van der Waals surface area (Å²) in [4.78, 5) is 11.9. The third kappa shape index (κ3) is 7.62. The zero-order valence-corrected chi connectivity index (χ0v) is 29.6. The second-order valence-corrected chi connectivity index (χ2v) is 16.2. The number of halogens is 1. The van der Waals surface area contributed by atoms with Crippen LogP contribution in [0.4, 0.5) is 11.8 Å². The quantitative estimate of drug-likeness (QED) is 0.240. The minimum absolute atomic E-state index is 0.131. The Balaban J connectivity index is 1.02. The van der Waals surface area contributed by atoms with Crippen molar-refractivity contribution in [1.82, 2.24) is 14.9 Å². The Bertz CT molecular complexity index is 1450. The summed E-state index contributed by atoms with van der Waals surface area (Å²) in [5, 5.41) is 17.5. The monoisotopic (exact) mass is 678 g/mol. The van der Waals surface area contributed by atoms with Crippen LogP contribution >= 0.6 is 11.6 Å². The first-order valence-corrected chi connectivity index (χ1v) is 18.2. The van der Waals surface area contributed by atoms with Gasteiger partial charge < -0.3 is 29.6 Å². The highest BCUT2D eigenvalue weighted by Gasteiger charge is 2.56. The van der Waals surface area contributed by atoms with E-state index in [1.54, 1.807) is 6.20 Å². The Kier molecular flexibility index (Phi) is 9.66. The maximum absolute atomic E-state index is 9.88. The topological polar surface area (TPSA) is 114 Å². The van der Waals surface area contributed by atoms with Crippen molar-refractivity contribution in [3.8, 4) is 6.07 Å². The molecular formula is C37H51ClN6O4. The number of nitrogens with one attached hydrogen (secondary N) is 2. The smallest absolute Gasteiger partial charge is 0.224 e. The van der Waals surface area contributed by atoms with E-state index < -0.39 is 11.6 Å². The third-order valence-corrected chi connectivity index (χ3v) is 11.7. The molecule has 7 atom stereocenters. The van der Waals surface area contributed by atoms with E-state index in [9.17, 15) is 5.26 Å². The molecule has 2 aliphatic heterocycles. The molecule has 0 spiro atoms. The number of ether oxygens (including phenoxy) is 4. The Hall–Kier alpha value is -2.52. The summed E-state index contributed by atoms with van der Waals surface area (Å²) in [6, 6.07) is 10.6. The molecule has 10 nitrogen and oxygen atoms in total. The fraction of sp³-hybridized carbons (Fsp3) is 0.703. The minimum atomic E-state index is -0.500. The van der Waals surface area contributed by atoms with Gasteiger partial charge in [-0.1, -0.05) is 29.8 Å². The Labute approximate surface area is 290 Å². The summed E-state index contributed by atoms with van der Waals surface area (Å²) >= 11 is 6.35. The lowest BCUT2D eigenvalue weighted by atomic mass is 9.47. The normalized spacial score (nSPS) is 32.9. The Morgan fingerprint density at radius 1 is 0.938 bits per heavy atom. The molecular weight excluding hydrogens is 628 g/mol. The van der Waals surface area contributed by atoms with Crippen LogP contribution in [0.3, 0.4) is 0 Å². The minimum Gasteiger partial charge on any atom is -0.368 e. The van der Waals surface area contributed by atoms with E-state index in [2.05, 4.69) is 26.6 Å². The molecule has 0 amide bonds. The van der Waals surface area contributed by atoms with Crippen molar-refractivity contribution in [3.05, 3.63) is 46.6 Å². The Morgan fingerprint density at radius 3 is 2.17 bits per heavy atom. The second-order valence-electron chi connectivity index (χ2n) is 15.8. The van der Waals surface area contributed by atoms with E-state index in [-0.39, 0.29) is 17.6 Å². The van der Waals surface area contributed by atoms with Crippen LogP contribution in [0.2, 0.25) is 5.02 Å². The number of aromatic nitrogens is 2. The van der Waals surface area contributed by atoms with Gasteiger partial charge in [-0.15, -0.1) is 0 Å². The van der Waals surface area contributed by atoms with Crippen LogP contribution in [0.1, 0.15) is 83.8 Å². The molecule has 4 saturated carbocycles. The molecule has 4 aliphatic carbocycles. The first-order valence-electron chi connectivity index (χ1n) is 17.8. The van der Waals surface area contributed by atoms with Gasteiger partial charge in [0.05, 0.1) is 31.6 Å². The summed E-state index contributed by atoms with van der Waals surface area (Å²) in [7, 11) is 0. The highest BCUT2D eigenvalue weighted by atomic mass is 35.5. The van der Waals surface area contributed by atoms with E-state index in [1.165, 1.54) is 32.1 Å². The summed E-state index contributed by atoms with van der Waals surface area (Å²) in [5.41, 5.74) is 1.65. The number of nitrogens with zero attached hydrogens (tertiary/aromatic N) is 4. The number of rotatable bonds is 13. The van der Waals surface area contributed by atoms with Crippen LogP contribution in [0.25, 0.3) is 0 Å². The van der Waals surface area contributed by atoms with Crippen LogP contribution in [-0.4, -0.2) is 77.5 Å². The van der Waals surface area contributed by atoms with Crippen LogP contribution in [0.5, 0.6) is 0 Å². The number of nitriles is 1. The largest absolute Gasteiger partial charge is 0.368 e. The molecule has 11 heteroatoms. The van der Waals surface area contributed by atoms with Crippen molar-refractivity contribution >= 4 is 23.4 Å². The summed E-state index contributed by atoms with van der Waals surface area (Å²) in [6.07, 6.45) is 10.1. The molecule has 1 unspecified atom stereocenters. The molecule has 6 fully saturated rings. The van der Waals surface area contributed by atoms with E-state index in [1.807, 2.05) is 52.0 Å². The van der Waals surface area contributed by atoms with E-state index in [0.717, 1.165) is 44.0 Å². The molecule has 2 aromatic rings. The lowest BCUT2D eigenvalue weighted by Gasteiger charge is -2.62. The molecule has 0 radical (unpaired) electrons. The predicted molar refractivity (Wildman–Crippen MR) is 184 cm³/mol. The maximum Gasteiger partial charge on any atom is 0.224 e. The first-order chi connectivity index (χ1) is 23.0. The van der Waals surface area contributed by atoms with Crippen molar-refractivity contribution in [2.24, 2.45) is 23.2 Å². The highest BCUT2D eigenvalue weighted by Crippen LogP contribution is 2.61. The fourth-order valence-corrected chi connectivity index (χ4v) is 9.79. The van der Waals surface area contributed by atoms with E-state index >= 15 is 0 Å². The summed E-state index contributed by atoms with van der Waals surface area (Å²) in [6.45, 7) is 12.7. The van der Waals surface area contributed by atoms with Crippen molar-refractivity contribution in [1.29, 1.82) is 5.26 Å². The number of hydrogen-bond acceptors (Lipinski definition) is 10. The molecule has 2 saturated heterocycles. The first kappa shape index (κ1) is 34.0. The molecule has 48 heavy (non-hydrogen) atoms. The van der Waals surface area contributed by atoms with Gasteiger partial charge in [0.1, 0.15) is 17.5 Å². The molecule has 4 bridgehead atoms. The van der Waals surface area contributed by atoms with E-state index in [4.69, 9.17) is 35.5 Å². The lowest BCUT2D eigenvalue weighted by molar-refractivity contribution is -0.143. The third-order valence-electron chi connectivity index (χ3n) is 11.3. The van der Waals surface area contributed by atoms with Gasteiger partial charge in [-0.2, -0.15) is 10.2 Å². The number of benzene rings is 1. The van der Waals surface area contributed by atoms with Crippen molar-refractivity contribution in [2.75, 3.05) is 43.5 Å². The Morgan fingerprint density at radius 2 is 1.58 bits per heavy atom. The van der Waals surface area contributed by atoms with Crippen molar-refractivity contribution in [2.45, 2.75) is 109 Å². The standard InChI is InChI=1S/C37H51ClN6O4/c1-35(2)45-21-29(47-35)9-11-44(12-10-30-22-46-36(3,4)48-30)32-26-13-24-14-27(32)17-37(15-24,16-26)23-42-33-28(18-39)20-41-34(43-33)40-19-25-7-5-6-8-31(25)38/h5-8,20,24,26-27,29-30,32H,9-17,19,21-23H2,1-4H3,(H2,40,41,42,43)/t24?,26-,27+,29-,30-,32-,37+/m0/s1. The predicted octanol–water partition coefficient (Wildman–Crippen LogP) is 6.61. The van der Waals surface area contributed by atoms with Crippen molar-refractivity contribution in [3.63, 3.8) is 0 Å². The van der Waals surface area contributed by atoms with Crippen molar-refractivity contribution < 1.29 is 18.9 Å². The lowest BCUT2D eigenvalue weighted by Crippen LogP contribution is -2.61. The zero-order chi connectivity index (χ0) is 33.5. The van der Waals surface area contributed by atoms with Crippen LogP contribution < -0.4 is 10.6 Å². The van der Waals surface area contributed by atoms with Gasteiger partial charge in [-0.3, -0.25) is 4.90 Å². The number of anilines is 2. The van der Waals surface area contributed by atoms with Crippen LogP contribution in [-0.2, 0) is 25.5 Å². The zero-order valence-electron chi connectivity index (χ0n) is 28.8.